The van der Waals surface area contributed by atoms with Crippen molar-refractivity contribution in [3.8, 4) is 0 Å². The molecule has 0 spiro atoms. The van der Waals surface area contributed by atoms with Crippen molar-refractivity contribution in [1.29, 1.82) is 0 Å². The third kappa shape index (κ3) is 2.87. The molecule has 1 amide bonds. The van der Waals surface area contributed by atoms with Crippen LogP contribution in [-0.4, -0.2) is 25.5 Å². The minimum absolute atomic E-state index is 0.157. The highest BCUT2D eigenvalue weighted by Gasteiger charge is 2.38. The van der Waals surface area contributed by atoms with Gasteiger partial charge in [-0.25, -0.2) is 0 Å². The van der Waals surface area contributed by atoms with Gasteiger partial charge in [-0.15, -0.1) is 11.3 Å². The molecule has 3 nitrogen and oxygen atoms in total. The molecule has 1 aliphatic rings. The number of hydrogen-bond acceptors (Lipinski definition) is 3. The van der Waals surface area contributed by atoms with Gasteiger partial charge in [-0.05, 0) is 37.3 Å². The van der Waals surface area contributed by atoms with Gasteiger partial charge in [0.15, 0.2) is 0 Å². The normalized spacial score (nSPS) is 23.8. The summed E-state index contributed by atoms with van der Waals surface area (Å²) in [5.74, 6) is 0.224. The van der Waals surface area contributed by atoms with Crippen molar-refractivity contribution in [2.24, 2.45) is 5.41 Å². The Hall–Kier alpha value is -0.870. The van der Waals surface area contributed by atoms with Crippen molar-refractivity contribution < 1.29 is 4.79 Å². The Morgan fingerprint density at radius 2 is 2.53 bits per heavy atom. The van der Waals surface area contributed by atoms with Crippen molar-refractivity contribution in [2.75, 3.05) is 19.6 Å². The zero-order valence-corrected chi connectivity index (χ0v) is 11.1. The van der Waals surface area contributed by atoms with Gasteiger partial charge in [0.25, 0.3) is 0 Å². The van der Waals surface area contributed by atoms with Crippen molar-refractivity contribution in [1.82, 2.24) is 10.6 Å². The second-order valence-corrected chi connectivity index (χ2v) is 5.68. The first-order valence-electron chi connectivity index (χ1n) is 6.28. The van der Waals surface area contributed by atoms with Crippen molar-refractivity contribution in [2.45, 2.75) is 26.2 Å². The minimum atomic E-state index is -0.157. The second-order valence-electron chi connectivity index (χ2n) is 4.65. The predicted molar refractivity (Wildman–Crippen MR) is 71.2 cm³/mol. The highest BCUT2D eigenvalue weighted by Crippen LogP contribution is 2.29. The molecule has 0 bridgehead atoms. The van der Waals surface area contributed by atoms with Gasteiger partial charge in [0, 0.05) is 18.0 Å². The molecule has 0 radical (unpaired) electrons. The Balaban J connectivity index is 1.80. The summed E-state index contributed by atoms with van der Waals surface area (Å²) in [6.07, 6.45) is 2.83. The number of hydrogen-bond donors (Lipinski definition) is 2. The van der Waals surface area contributed by atoms with Gasteiger partial charge in [-0.2, -0.15) is 0 Å². The summed E-state index contributed by atoms with van der Waals surface area (Å²) in [4.78, 5) is 13.5. The quantitative estimate of drug-likeness (QED) is 0.839. The van der Waals surface area contributed by atoms with Crippen LogP contribution in [0, 0.1) is 5.41 Å². The number of thiophene rings is 1. The monoisotopic (exact) mass is 252 g/mol. The molecule has 4 heteroatoms. The fraction of sp³-hybridized carbons (Fsp3) is 0.615. The lowest BCUT2D eigenvalue weighted by Crippen LogP contribution is -2.42. The third-order valence-corrected chi connectivity index (χ3v) is 4.58. The number of carbonyl (C=O) groups is 1. The Labute approximate surface area is 107 Å². The van der Waals surface area contributed by atoms with Crippen LogP contribution in [0.5, 0.6) is 0 Å². The predicted octanol–water partition coefficient (Wildman–Crippen LogP) is 1.80. The summed E-state index contributed by atoms with van der Waals surface area (Å²) >= 11 is 1.75. The molecule has 1 aromatic rings. The van der Waals surface area contributed by atoms with Crippen LogP contribution in [0.2, 0.25) is 0 Å². The molecule has 1 unspecified atom stereocenters. The number of nitrogens with one attached hydrogen (secondary N) is 2. The summed E-state index contributed by atoms with van der Waals surface area (Å²) in [5, 5.41) is 8.45. The molecule has 1 saturated heterocycles. The molecule has 0 saturated carbocycles. The number of rotatable bonds is 5. The molecular formula is C13H20N2OS. The first-order chi connectivity index (χ1) is 8.27. The van der Waals surface area contributed by atoms with E-state index < -0.39 is 0 Å². The van der Waals surface area contributed by atoms with Crippen LogP contribution < -0.4 is 10.6 Å². The summed E-state index contributed by atoms with van der Waals surface area (Å²) < 4.78 is 0. The molecule has 0 aliphatic carbocycles. The lowest BCUT2D eigenvalue weighted by Gasteiger charge is -2.25. The Morgan fingerprint density at radius 3 is 3.12 bits per heavy atom. The average molecular weight is 252 g/mol. The summed E-state index contributed by atoms with van der Waals surface area (Å²) in [5.41, 5.74) is -0.157. The van der Waals surface area contributed by atoms with Crippen LogP contribution in [0.1, 0.15) is 24.6 Å². The SMILES string of the molecule is CCC1(C(=O)NCCc2cccs2)CCNC1. The van der Waals surface area contributed by atoms with Crippen molar-refractivity contribution in [3.63, 3.8) is 0 Å². The van der Waals surface area contributed by atoms with Crippen LogP contribution >= 0.6 is 11.3 Å². The number of amides is 1. The Morgan fingerprint density at radius 1 is 1.65 bits per heavy atom. The smallest absolute Gasteiger partial charge is 0.227 e. The van der Waals surface area contributed by atoms with E-state index >= 15 is 0 Å². The summed E-state index contributed by atoms with van der Waals surface area (Å²) in [6, 6.07) is 4.17. The lowest BCUT2D eigenvalue weighted by molar-refractivity contribution is -0.130. The summed E-state index contributed by atoms with van der Waals surface area (Å²) in [6.45, 7) is 4.65. The highest BCUT2D eigenvalue weighted by atomic mass is 32.1. The zero-order chi connectivity index (χ0) is 12.1. The maximum Gasteiger partial charge on any atom is 0.227 e. The van der Waals surface area contributed by atoms with Gasteiger partial charge in [0.05, 0.1) is 5.41 Å². The average Bonchev–Trinajstić information content (AvgIpc) is 3.00. The van der Waals surface area contributed by atoms with Gasteiger partial charge < -0.3 is 10.6 Å². The minimum Gasteiger partial charge on any atom is -0.355 e. The van der Waals surface area contributed by atoms with Crippen LogP contribution in [0.15, 0.2) is 17.5 Å². The topological polar surface area (TPSA) is 41.1 Å². The van der Waals surface area contributed by atoms with E-state index in [2.05, 4.69) is 35.1 Å². The van der Waals surface area contributed by atoms with Crippen molar-refractivity contribution in [3.05, 3.63) is 22.4 Å². The molecule has 2 rings (SSSR count). The maximum absolute atomic E-state index is 12.2. The van der Waals surface area contributed by atoms with E-state index in [4.69, 9.17) is 0 Å². The van der Waals surface area contributed by atoms with E-state index in [-0.39, 0.29) is 11.3 Å². The van der Waals surface area contributed by atoms with E-state index in [1.165, 1.54) is 4.88 Å². The second kappa shape index (κ2) is 5.65. The van der Waals surface area contributed by atoms with Gasteiger partial charge in [-0.1, -0.05) is 13.0 Å². The third-order valence-electron chi connectivity index (χ3n) is 3.64. The fourth-order valence-corrected chi connectivity index (χ4v) is 3.05. The van der Waals surface area contributed by atoms with Crippen molar-refractivity contribution >= 4 is 17.2 Å². The summed E-state index contributed by atoms with van der Waals surface area (Å²) in [7, 11) is 0. The van der Waals surface area contributed by atoms with E-state index in [1.807, 2.05) is 0 Å². The van der Waals surface area contributed by atoms with E-state index in [0.717, 1.165) is 38.9 Å². The number of carbonyl (C=O) groups excluding carboxylic acids is 1. The first-order valence-corrected chi connectivity index (χ1v) is 7.16. The molecule has 2 N–H and O–H groups in total. The van der Waals surface area contributed by atoms with Crippen LogP contribution in [0.3, 0.4) is 0 Å². The molecule has 1 atom stereocenters. The van der Waals surface area contributed by atoms with Crippen LogP contribution in [0.25, 0.3) is 0 Å². The Bertz CT molecular complexity index is 356. The van der Waals surface area contributed by atoms with Crippen LogP contribution in [0.4, 0.5) is 0 Å². The lowest BCUT2D eigenvalue weighted by atomic mass is 9.83. The Kier molecular flexibility index (Phi) is 4.18. The molecule has 2 heterocycles. The zero-order valence-electron chi connectivity index (χ0n) is 10.3. The molecule has 94 valence electrons. The fourth-order valence-electron chi connectivity index (χ4n) is 2.34. The van der Waals surface area contributed by atoms with Gasteiger partial charge in [0.2, 0.25) is 5.91 Å². The maximum atomic E-state index is 12.2. The van der Waals surface area contributed by atoms with Gasteiger partial charge in [0.1, 0.15) is 0 Å². The molecule has 1 fully saturated rings. The van der Waals surface area contributed by atoms with E-state index in [1.54, 1.807) is 11.3 Å². The highest BCUT2D eigenvalue weighted by molar-refractivity contribution is 7.09. The molecule has 1 aliphatic heterocycles. The van der Waals surface area contributed by atoms with Gasteiger partial charge in [-0.3, -0.25) is 4.79 Å². The first kappa shape index (κ1) is 12.6. The largest absolute Gasteiger partial charge is 0.355 e. The molecule has 1 aromatic heterocycles. The standard InChI is InChI=1S/C13H20N2OS/c1-2-13(6-8-14-10-13)12(16)15-7-5-11-4-3-9-17-11/h3-4,9,14H,2,5-8,10H2,1H3,(H,15,16). The van der Waals surface area contributed by atoms with Crippen LogP contribution in [-0.2, 0) is 11.2 Å². The van der Waals surface area contributed by atoms with E-state index in [0.29, 0.717) is 0 Å². The molecular weight excluding hydrogens is 232 g/mol. The molecule has 0 aromatic carbocycles. The van der Waals surface area contributed by atoms with E-state index in [9.17, 15) is 4.79 Å². The molecule has 17 heavy (non-hydrogen) atoms. The van der Waals surface area contributed by atoms with Gasteiger partial charge >= 0.3 is 0 Å².